The summed E-state index contributed by atoms with van der Waals surface area (Å²) in [6.07, 6.45) is 2.29. The van der Waals surface area contributed by atoms with Crippen LogP contribution in [0.3, 0.4) is 0 Å². The maximum absolute atomic E-state index is 8.69. The maximum Gasteiger partial charge on any atom is 0.171 e. The fourth-order valence-electron chi connectivity index (χ4n) is 1.21. The van der Waals surface area contributed by atoms with E-state index < -0.39 is 0 Å². The molecular weight excluding hydrogens is 244 g/mol. The van der Waals surface area contributed by atoms with Crippen LogP contribution in [0.25, 0.3) is 0 Å². The summed E-state index contributed by atoms with van der Waals surface area (Å²) in [6, 6.07) is 5.42. The maximum atomic E-state index is 8.69. The van der Waals surface area contributed by atoms with Crippen LogP contribution in [0.5, 0.6) is 0 Å². The average Bonchev–Trinajstić information content (AvgIpc) is 2.30. The van der Waals surface area contributed by atoms with E-state index >= 15 is 0 Å². The minimum absolute atomic E-state index is 0.0986. The van der Waals surface area contributed by atoms with Crippen molar-refractivity contribution < 1.29 is 5.21 Å². The zero-order valence-electron chi connectivity index (χ0n) is 9.11. The van der Waals surface area contributed by atoms with Gasteiger partial charge in [0.05, 0.1) is 0 Å². The zero-order chi connectivity index (χ0) is 12.0. The molecule has 0 spiro atoms. The molecule has 0 amide bonds. The van der Waals surface area contributed by atoms with E-state index in [1.807, 2.05) is 12.1 Å². The molecule has 1 aromatic carbocycles. The first-order chi connectivity index (χ1) is 7.69. The highest BCUT2D eigenvalue weighted by Crippen LogP contribution is 2.26. The van der Waals surface area contributed by atoms with E-state index in [-0.39, 0.29) is 5.84 Å². The lowest BCUT2D eigenvalue weighted by molar-refractivity contribution is 0.318. The molecule has 0 saturated heterocycles. The summed E-state index contributed by atoms with van der Waals surface area (Å²) in [4.78, 5) is 0.994. The lowest BCUT2D eigenvalue weighted by Crippen LogP contribution is -2.14. The van der Waals surface area contributed by atoms with E-state index in [2.05, 4.69) is 12.1 Å². The molecule has 3 nitrogen and oxygen atoms in total. The lowest BCUT2D eigenvalue weighted by atomic mass is 10.2. The molecule has 0 aliphatic heterocycles. The Kier molecular flexibility index (Phi) is 5.49. The summed E-state index contributed by atoms with van der Waals surface area (Å²) in [5.74, 6) is 1.12. The molecular formula is C11H15ClN2OS. The number of nitrogens with two attached hydrogens (primary N) is 1. The van der Waals surface area contributed by atoms with E-state index in [9.17, 15) is 0 Å². The third kappa shape index (κ3) is 3.61. The molecule has 16 heavy (non-hydrogen) atoms. The van der Waals surface area contributed by atoms with Gasteiger partial charge in [0.2, 0.25) is 0 Å². The van der Waals surface area contributed by atoms with Gasteiger partial charge in [0, 0.05) is 15.5 Å². The second-order valence-corrected chi connectivity index (χ2v) is 4.90. The molecule has 1 aromatic rings. The van der Waals surface area contributed by atoms with Crippen molar-refractivity contribution in [2.45, 2.75) is 24.7 Å². The highest BCUT2D eigenvalue weighted by molar-refractivity contribution is 7.99. The summed E-state index contributed by atoms with van der Waals surface area (Å²) >= 11 is 7.57. The lowest BCUT2D eigenvalue weighted by Gasteiger charge is -2.08. The average molecular weight is 259 g/mol. The molecule has 0 bridgehead atoms. The number of benzene rings is 1. The SMILES string of the molecule is CCCCSc1ccc(Cl)cc1C(N)=NO. The Morgan fingerprint density at radius 2 is 2.31 bits per heavy atom. The number of thioether (sulfide) groups is 1. The molecule has 0 fully saturated rings. The standard InChI is InChI=1S/C11H15ClN2OS/c1-2-3-6-16-10-5-4-8(12)7-9(10)11(13)14-15/h4-5,7,15H,2-3,6H2,1H3,(H2,13,14). The predicted octanol–water partition coefficient (Wildman–Crippen LogP) is 3.33. The van der Waals surface area contributed by atoms with Crippen molar-refractivity contribution >= 4 is 29.2 Å². The number of hydrogen-bond donors (Lipinski definition) is 2. The monoisotopic (exact) mass is 258 g/mol. The van der Waals surface area contributed by atoms with Crippen LogP contribution >= 0.6 is 23.4 Å². The van der Waals surface area contributed by atoms with Crippen LogP contribution in [0.4, 0.5) is 0 Å². The van der Waals surface area contributed by atoms with Crippen molar-refractivity contribution in [3.63, 3.8) is 0 Å². The Morgan fingerprint density at radius 3 is 2.94 bits per heavy atom. The molecule has 0 aliphatic carbocycles. The summed E-state index contributed by atoms with van der Waals surface area (Å²) < 4.78 is 0. The molecule has 0 aliphatic rings. The van der Waals surface area contributed by atoms with Gasteiger partial charge in [-0.3, -0.25) is 0 Å². The smallest absolute Gasteiger partial charge is 0.171 e. The number of halogens is 1. The van der Waals surface area contributed by atoms with Crippen molar-refractivity contribution in [2.75, 3.05) is 5.75 Å². The topological polar surface area (TPSA) is 58.6 Å². The van der Waals surface area contributed by atoms with E-state index in [4.69, 9.17) is 22.5 Å². The first kappa shape index (κ1) is 13.2. The highest BCUT2D eigenvalue weighted by Gasteiger charge is 2.08. The molecule has 0 aromatic heterocycles. The zero-order valence-corrected chi connectivity index (χ0v) is 10.7. The quantitative estimate of drug-likeness (QED) is 0.213. The molecule has 0 saturated carbocycles. The Labute approximate surface area is 105 Å². The largest absolute Gasteiger partial charge is 0.409 e. The van der Waals surface area contributed by atoms with Crippen LogP contribution in [0.2, 0.25) is 5.02 Å². The number of hydrogen-bond acceptors (Lipinski definition) is 3. The van der Waals surface area contributed by atoms with Gasteiger partial charge in [-0.15, -0.1) is 11.8 Å². The molecule has 0 heterocycles. The van der Waals surface area contributed by atoms with Crippen molar-refractivity contribution in [3.05, 3.63) is 28.8 Å². The minimum Gasteiger partial charge on any atom is -0.409 e. The number of rotatable bonds is 5. The van der Waals surface area contributed by atoms with Gasteiger partial charge in [0.1, 0.15) is 0 Å². The summed E-state index contributed by atoms with van der Waals surface area (Å²) in [7, 11) is 0. The Bertz CT molecular complexity index is 382. The van der Waals surface area contributed by atoms with Crippen LogP contribution in [-0.2, 0) is 0 Å². The van der Waals surface area contributed by atoms with E-state index in [0.717, 1.165) is 23.5 Å². The molecule has 3 N–H and O–H groups in total. The van der Waals surface area contributed by atoms with Gasteiger partial charge >= 0.3 is 0 Å². The van der Waals surface area contributed by atoms with Gasteiger partial charge in [-0.2, -0.15) is 0 Å². The van der Waals surface area contributed by atoms with Crippen LogP contribution in [0.15, 0.2) is 28.3 Å². The van der Waals surface area contributed by atoms with Gasteiger partial charge in [-0.1, -0.05) is 30.1 Å². The fraction of sp³-hybridized carbons (Fsp3) is 0.364. The summed E-state index contributed by atoms with van der Waals surface area (Å²) in [6.45, 7) is 2.15. The fourth-order valence-corrected chi connectivity index (χ4v) is 2.52. The van der Waals surface area contributed by atoms with E-state index in [1.54, 1.807) is 17.8 Å². The molecule has 0 radical (unpaired) electrons. The van der Waals surface area contributed by atoms with Gasteiger partial charge in [0.15, 0.2) is 5.84 Å². The van der Waals surface area contributed by atoms with Crippen molar-refractivity contribution in [3.8, 4) is 0 Å². The predicted molar refractivity (Wildman–Crippen MR) is 69.6 cm³/mol. The highest BCUT2D eigenvalue weighted by atomic mass is 35.5. The van der Waals surface area contributed by atoms with Crippen molar-refractivity contribution in [1.82, 2.24) is 0 Å². The first-order valence-electron chi connectivity index (χ1n) is 5.09. The van der Waals surface area contributed by atoms with Crippen LogP contribution in [-0.4, -0.2) is 16.8 Å². The Balaban J connectivity index is 2.89. The third-order valence-electron chi connectivity index (χ3n) is 2.08. The summed E-state index contributed by atoms with van der Waals surface area (Å²) in [5.41, 5.74) is 6.29. The van der Waals surface area contributed by atoms with Gasteiger partial charge in [-0.25, -0.2) is 0 Å². The van der Waals surface area contributed by atoms with Crippen LogP contribution in [0.1, 0.15) is 25.3 Å². The molecule has 0 atom stereocenters. The van der Waals surface area contributed by atoms with Crippen molar-refractivity contribution in [2.24, 2.45) is 10.9 Å². The van der Waals surface area contributed by atoms with E-state index in [0.29, 0.717) is 10.6 Å². The van der Waals surface area contributed by atoms with Crippen molar-refractivity contribution in [1.29, 1.82) is 0 Å². The number of nitrogens with zero attached hydrogens (tertiary/aromatic N) is 1. The van der Waals surface area contributed by atoms with Crippen LogP contribution < -0.4 is 5.73 Å². The van der Waals surface area contributed by atoms with Gasteiger partial charge in [0.25, 0.3) is 0 Å². The molecule has 88 valence electrons. The molecule has 5 heteroatoms. The Hall–Kier alpha value is -0.870. The second-order valence-electron chi connectivity index (χ2n) is 3.33. The molecule has 0 unspecified atom stereocenters. The first-order valence-corrected chi connectivity index (χ1v) is 6.45. The Morgan fingerprint density at radius 1 is 1.56 bits per heavy atom. The minimum atomic E-state index is 0.0986. The normalized spacial score (nSPS) is 11.8. The number of oxime groups is 1. The number of amidine groups is 1. The second kappa shape index (κ2) is 6.66. The van der Waals surface area contributed by atoms with Gasteiger partial charge < -0.3 is 10.9 Å². The number of unbranched alkanes of at least 4 members (excludes halogenated alkanes) is 1. The van der Waals surface area contributed by atoms with E-state index in [1.165, 1.54) is 0 Å². The van der Waals surface area contributed by atoms with Gasteiger partial charge in [-0.05, 0) is 30.4 Å². The molecule has 1 rings (SSSR count). The van der Waals surface area contributed by atoms with Crippen LogP contribution in [0, 0.1) is 0 Å². The third-order valence-corrected chi connectivity index (χ3v) is 3.48. The summed E-state index contributed by atoms with van der Waals surface area (Å²) in [5, 5.41) is 12.3.